The van der Waals surface area contributed by atoms with Crippen LogP contribution in [0.4, 0.5) is 0 Å². The topological polar surface area (TPSA) is 24.9 Å². The van der Waals surface area contributed by atoms with E-state index >= 15 is 0 Å². The van der Waals surface area contributed by atoms with Crippen molar-refractivity contribution in [3.63, 3.8) is 0 Å². The average molecular weight is 240 g/mol. The van der Waals surface area contributed by atoms with Crippen molar-refractivity contribution >= 4 is 10.9 Å². The Bertz CT molecular complexity index is 572. The minimum Gasteiger partial charge on any atom is -0.311 e. The highest BCUT2D eigenvalue weighted by Crippen LogP contribution is 2.23. The van der Waals surface area contributed by atoms with Crippen LogP contribution in [0.25, 0.3) is 10.9 Å². The Morgan fingerprint density at radius 2 is 2.11 bits per heavy atom. The summed E-state index contributed by atoms with van der Waals surface area (Å²) in [5.41, 5.74) is 4.60. The van der Waals surface area contributed by atoms with Crippen LogP contribution in [0.15, 0.2) is 42.5 Å². The Morgan fingerprint density at radius 1 is 1.39 bits per heavy atom. The molecule has 2 nitrogen and oxygen atoms in total. The van der Waals surface area contributed by atoms with Gasteiger partial charge in [-0.3, -0.25) is 4.98 Å². The van der Waals surface area contributed by atoms with Crippen LogP contribution in [0.3, 0.4) is 0 Å². The second-order valence-electron chi connectivity index (χ2n) is 4.88. The summed E-state index contributed by atoms with van der Waals surface area (Å²) in [6, 6.07) is 10.7. The lowest BCUT2D eigenvalue weighted by Gasteiger charge is -2.17. The van der Waals surface area contributed by atoms with Gasteiger partial charge < -0.3 is 5.32 Å². The number of aryl methyl sites for hydroxylation is 1. The maximum absolute atomic E-state index is 4.76. The molecule has 94 valence electrons. The van der Waals surface area contributed by atoms with E-state index in [9.17, 15) is 0 Å². The van der Waals surface area contributed by atoms with Crippen LogP contribution in [-0.4, -0.2) is 12.0 Å². The Morgan fingerprint density at radius 3 is 2.78 bits per heavy atom. The third-order valence-electron chi connectivity index (χ3n) is 3.20. The zero-order valence-electron chi connectivity index (χ0n) is 11.3. The Labute approximate surface area is 109 Å². The zero-order chi connectivity index (χ0) is 13.1. The first-order chi connectivity index (χ1) is 8.61. The summed E-state index contributed by atoms with van der Waals surface area (Å²) in [4.78, 5) is 4.76. The molecule has 1 atom stereocenters. The van der Waals surface area contributed by atoms with Gasteiger partial charge in [-0.15, -0.1) is 6.58 Å². The molecule has 18 heavy (non-hydrogen) atoms. The number of para-hydroxylation sites is 1. The van der Waals surface area contributed by atoms with Crippen molar-refractivity contribution in [2.45, 2.75) is 26.3 Å². The molecule has 0 amide bonds. The molecule has 0 aliphatic carbocycles. The van der Waals surface area contributed by atoms with Crippen LogP contribution in [-0.2, 0) is 0 Å². The van der Waals surface area contributed by atoms with Crippen LogP contribution in [0, 0.1) is 6.92 Å². The van der Waals surface area contributed by atoms with Gasteiger partial charge in [0.1, 0.15) is 0 Å². The quantitative estimate of drug-likeness (QED) is 0.823. The van der Waals surface area contributed by atoms with Crippen LogP contribution >= 0.6 is 0 Å². The third kappa shape index (κ3) is 2.59. The molecule has 0 aliphatic heterocycles. The van der Waals surface area contributed by atoms with Gasteiger partial charge in [-0.2, -0.15) is 0 Å². The molecule has 1 heterocycles. The predicted molar refractivity (Wildman–Crippen MR) is 77.7 cm³/mol. The van der Waals surface area contributed by atoms with Crippen molar-refractivity contribution in [1.82, 2.24) is 10.3 Å². The second kappa shape index (κ2) is 5.32. The lowest BCUT2D eigenvalue weighted by atomic mass is 10.0. The molecular weight excluding hydrogens is 220 g/mol. The maximum atomic E-state index is 4.76. The van der Waals surface area contributed by atoms with Crippen LogP contribution in [0.1, 0.15) is 30.6 Å². The number of rotatable bonds is 4. The molecule has 1 N–H and O–H groups in total. The van der Waals surface area contributed by atoms with Crippen LogP contribution in [0.2, 0.25) is 0 Å². The van der Waals surface area contributed by atoms with Crippen LogP contribution in [0.5, 0.6) is 0 Å². The van der Waals surface area contributed by atoms with Crippen molar-refractivity contribution in [3.8, 4) is 0 Å². The molecule has 0 bridgehead atoms. The van der Waals surface area contributed by atoms with E-state index < -0.39 is 0 Å². The molecule has 0 saturated heterocycles. The molecule has 0 saturated carbocycles. The lowest BCUT2D eigenvalue weighted by molar-refractivity contribution is 0.575. The lowest BCUT2D eigenvalue weighted by Crippen LogP contribution is -2.18. The van der Waals surface area contributed by atoms with Crippen LogP contribution < -0.4 is 5.32 Å². The summed E-state index contributed by atoms with van der Waals surface area (Å²) in [5, 5.41) is 4.55. The first kappa shape index (κ1) is 12.8. The minimum absolute atomic E-state index is 0.241. The van der Waals surface area contributed by atoms with Crippen molar-refractivity contribution in [3.05, 3.63) is 53.7 Å². The molecule has 0 spiro atoms. The number of fused-ring (bicyclic) bond motifs is 1. The highest BCUT2D eigenvalue weighted by atomic mass is 14.9. The Hall–Kier alpha value is -1.67. The van der Waals surface area contributed by atoms with E-state index in [0.29, 0.717) is 0 Å². The van der Waals surface area contributed by atoms with E-state index in [1.165, 1.54) is 16.5 Å². The normalized spacial score (nSPS) is 12.6. The number of nitrogens with one attached hydrogen (secondary N) is 1. The summed E-state index contributed by atoms with van der Waals surface area (Å²) >= 11 is 0. The minimum atomic E-state index is 0.241. The standard InChI is InChI=1S/C16H20N2/c1-11(2)9-15(17-4)16-10-12(3)13-7-5-6-8-14(13)18-16/h5-8,10,15,17H,1,9H2,2-4H3. The first-order valence-corrected chi connectivity index (χ1v) is 6.29. The van der Waals surface area contributed by atoms with E-state index in [4.69, 9.17) is 4.98 Å². The monoisotopic (exact) mass is 240 g/mol. The van der Waals surface area contributed by atoms with E-state index in [-0.39, 0.29) is 6.04 Å². The first-order valence-electron chi connectivity index (χ1n) is 6.29. The zero-order valence-corrected chi connectivity index (χ0v) is 11.3. The van der Waals surface area contributed by atoms with E-state index in [1.54, 1.807) is 0 Å². The number of hydrogen-bond acceptors (Lipinski definition) is 2. The smallest absolute Gasteiger partial charge is 0.0708 e. The highest BCUT2D eigenvalue weighted by molar-refractivity contribution is 5.82. The van der Waals surface area contributed by atoms with Gasteiger partial charge in [-0.05, 0) is 45.0 Å². The Kier molecular flexibility index (Phi) is 3.78. The summed E-state index contributed by atoms with van der Waals surface area (Å²) in [7, 11) is 1.97. The van der Waals surface area contributed by atoms with Gasteiger partial charge in [0, 0.05) is 5.39 Å². The SMILES string of the molecule is C=C(C)CC(NC)c1cc(C)c2ccccc2n1. The summed E-state index contributed by atoms with van der Waals surface area (Å²) in [6.07, 6.45) is 0.918. The summed E-state index contributed by atoms with van der Waals surface area (Å²) in [6.45, 7) is 8.18. The van der Waals surface area contributed by atoms with Gasteiger partial charge >= 0.3 is 0 Å². The average Bonchev–Trinajstić information content (AvgIpc) is 2.35. The maximum Gasteiger partial charge on any atom is 0.0708 e. The number of hydrogen-bond donors (Lipinski definition) is 1. The van der Waals surface area contributed by atoms with E-state index in [0.717, 1.165) is 17.6 Å². The van der Waals surface area contributed by atoms with Gasteiger partial charge in [-0.25, -0.2) is 0 Å². The van der Waals surface area contributed by atoms with Gasteiger partial charge in [0.05, 0.1) is 17.3 Å². The molecule has 0 radical (unpaired) electrons. The van der Waals surface area contributed by atoms with Crippen molar-refractivity contribution < 1.29 is 0 Å². The van der Waals surface area contributed by atoms with Crippen molar-refractivity contribution in [2.75, 3.05) is 7.05 Å². The predicted octanol–water partition coefficient (Wildman–Crippen LogP) is 3.77. The molecule has 1 unspecified atom stereocenters. The van der Waals surface area contributed by atoms with E-state index in [2.05, 4.69) is 50.0 Å². The number of benzene rings is 1. The molecule has 1 aromatic carbocycles. The van der Waals surface area contributed by atoms with Gasteiger partial charge in [0.2, 0.25) is 0 Å². The van der Waals surface area contributed by atoms with Crippen molar-refractivity contribution in [1.29, 1.82) is 0 Å². The van der Waals surface area contributed by atoms with Gasteiger partial charge in [-0.1, -0.05) is 23.8 Å². The van der Waals surface area contributed by atoms with E-state index in [1.807, 2.05) is 13.1 Å². The molecule has 1 aromatic heterocycles. The third-order valence-corrected chi connectivity index (χ3v) is 3.20. The van der Waals surface area contributed by atoms with Gasteiger partial charge in [0.15, 0.2) is 0 Å². The molecule has 0 fully saturated rings. The second-order valence-corrected chi connectivity index (χ2v) is 4.88. The number of pyridine rings is 1. The highest BCUT2D eigenvalue weighted by Gasteiger charge is 2.12. The molecule has 2 aromatic rings. The molecule has 2 rings (SSSR count). The fourth-order valence-corrected chi connectivity index (χ4v) is 2.26. The largest absolute Gasteiger partial charge is 0.311 e. The molecular formula is C16H20N2. The Balaban J connectivity index is 2.47. The molecule has 2 heteroatoms. The van der Waals surface area contributed by atoms with Gasteiger partial charge in [0.25, 0.3) is 0 Å². The van der Waals surface area contributed by atoms with Crippen molar-refractivity contribution in [2.24, 2.45) is 0 Å². The fraction of sp³-hybridized carbons (Fsp3) is 0.312. The number of nitrogens with zero attached hydrogens (tertiary/aromatic N) is 1. The number of aromatic nitrogens is 1. The fourth-order valence-electron chi connectivity index (χ4n) is 2.26. The summed E-state index contributed by atoms with van der Waals surface area (Å²) < 4.78 is 0. The summed E-state index contributed by atoms with van der Waals surface area (Å²) in [5.74, 6) is 0. The molecule has 0 aliphatic rings.